The third-order valence-electron chi connectivity index (χ3n) is 2.76. The van der Waals surface area contributed by atoms with Crippen molar-refractivity contribution in [1.29, 1.82) is 0 Å². The molecule has 108 valence electrons. The van der Waals surface area contributed by atoms with Crippen LogP contribution in [0, 0.1) is 0 Å². The van der Waals surface area contributed by atoms with Crippen LogP contribution >= 0.6 is 22.9 Å². The number of hydrogen-bond donors (Lipinski definition) is 2. The molecule has 2 aromatic rings. The summed E-state index contributed by atoms with van der Waals surface area (Å²) in [7, 11) is 1.64. The van der Waals surface area contributed by atoms with Crippen LogP contribution in [0.2, 0.25) is 5.02 Å². The number of anilines is 2. The maximum Gasteiger partial charge on any atom is 0.187 e. The SMILES string of the molecule is CCNCCc1csc(Nc2cc(Cl)ccc2OC)n1. The molecular weight excluding hydrogens is 294 g/mol. The number of hydrogen-bond acceptors (Lipinski definition) is 5. The highest BCUT2D eigenvalue weighted by molar-refractivity contribution is 7.13. The first kappa shape index (κ1) is 15.1. The van der Waals surface area contributed by atoms with Gasteiger partial charge in [0.05, 0.1) is 18.5 Å². The molecule has 0 saturated heterocycles. The summed E-state index contributed by atoms with van der Waals surface area (Å²) >= 11 is 7.59. The van der Waals surface area contributed by atoms with E-state index >= 15 is 0 Å². The van der Waals surface area contributed by atoms with Crippen molar-refractivity contribution in [2.45, 2.75) is 13.3 Å². The van der Waals surface area contributed by atoms with E-state index in [0.29, 0.717) is 5.02 Å². The number of likely N-dealkylation sites (N-methyl/N-ethyl adjacent to an activating group) is 1. The van der Waals surface area contributed by atoms with Gasteiger partial charge in [0.25, 0.3) is 0 Å². The number of nitrogens with zero attached hydrogens (tertiary/aromatic N) is 1. The van der Waals surface area contributed by atoms with Crippen molar-refractivity contribution in [3.05, 3.63) is 34.3 Å². The van der Waals surface area contributed by atoms with Gasteiger partial charge in [-0.1, -0.05) is 18.5 Å². The first-order valence-electron chi connectivity index (χ1n) is 6.48. The molecule has 1 heterocycles. The summed E-state index contributed by atoms with van der Waals surface area (Å²) in [5.74, 6) is 0.749. The fraction of sp³-hybridized carbons (Fsp3) is 0.357. The van der Waals surface area contributed by atoms with Crippen molar-refractivity contribution < 1.29 is 4.74 Å². The second-order valence-corrected chi connectivity index (χ2v) is 5.51. The molecule has 4 nitrogen and oxygen atoms in total. The Morgan fingerprint density at radius 1 is 1.40 bits per heavy atom. The molecule has 2 N–H and O–H groups in total. The molecule has 0 saturated carbocycles. The van der Waals surface area contributed by atoms with Crippen LogP contribution in [0.3, 0.4) is 0 Å². The smallest absolute Gasteiger partial charge is 0.187 e. The minimum absolute atomic E-state index is 0.664. The van der Waals surface area contributed by atoms with E-state index < -0.39 is 0 Å². The predicted molar refractivity (Wildman–Crippen MR) is 85.6 cm³/mol. The van der Waals surface area contributed by atoms with E-state index in [4.69, 9.17) is 16.3 Å². The molecule has 0 spiro atoms. The van der Waals surface area contributed by atoms with Crippen LogP contribution < -0.4 is 15.4 Å². The number of nitrogens with one attached hydrogen (secondary N) is 2. The second-order valence-electron chi connectivity index (χ2n) is 4.22. The van der Waals surface area contributed by atoms with Crippen LogP contribution in [0.15, 0.2) is 23.6 Å². The average molecular weight is 312 g/mol. The Morgan fingerprint density at radius 2 is 2.25 bits per heavy atom. The summed E-state index contributed by atoms with van der Waals surface area (Å²) < 4.78 is 5.30. The summed E-state index contributed by atoms with van der Waals surface area (Å²) in [5, 5.41) is 10.1. The van der Waals surface area contributed by atoms with Crippen LogP contribution in [0.25, 0.3) is 0 Å². The first-order chi connectivity index (χ1) is 9.72. The topological polar surface area (TPSA) is 46.2 Å². The molecule has 0 aliphatic rings. The van der Waals surface area contributed by atoms with Crippen molar-refractivity contribution in [2.75, 3.05) is 25.5 Å². The molecular formula is C14H18ClN3OS. The second kappa shape index (κ2) is 7.47. The lowest BCUT2D eigenvalue weighted by atomic mass is 10.3. The average Bonchev–Trinajstić information content (AvgIpc) is 2.87. The number of aromatic nitrogens is 1. The monoisotopic (exact) mass is 311 g/mol. The molecule has 0 aliphatic heterocycles. The van der Waals surface area contributed by atoms with E-state index in [2.05, 4.69) is 27.9 Å². The van der Waals surface area contributed by atoms with Gasteiger partial charge < -0.3 is 15.4 Å². The molecule has 2 rings (SSSR count). The van der Waals surface area contributed by atoms with Crippen LogP contribution in [0.4, 0.5) is 10.8 Å². The van der Waals surface area contributed by atoms with Crippen molar-refractivity contribution in [2.24, 2.45) is 0 Å². The number of rotatable bonds is 7. The van der Waals surface area contributed by atoms with Gasteiger partial charge in [-0.05, 0) is 24.7 Å². The Hall–Kier alpha value is -1.30. The van der Waals surface area contributed by atoms with E-state index in [1.165, 1.54) is 0 Å². The van der Waals surface area contributed by atoms with Gasteiger partial charge in [-0.3, -0.25) is 0 Å². The van der Waals surface area contributed by atoms with Gasteiger partial charge in [-0.2, -0.15) is 0 Å². The van der Waals surface area contributed by atoms with E-state index in [0.717, 1.165) is 41.8 Å². The number of thiazole rings is 1. The lowest BCUT2D eigenvalue weighted by molar-refractivity contribution is 0.417. The van der Waals surface area contributed by atoms with E-state index in [1.807, 2.05) is 12.1 Å². The summed E-state index contributed by atoms with van der Waals surface area (Å²) in [5.41, 5.74) is 1.91. The normalized spacial score (nSPS) is 10.6. The molecule has 0 radical (unpaired) electrons. The standard InChI is InChI=1S/C14H18ClN3OS/c1-3-16-7-6-11-9-20-14(17-11)18-12-8-10(15)4-5-13(12)19-2/h4-5,8-9,16H,3,6-7H2,1-2H3,(H,17,18). The Balaban J connectivity index is 2.04. The highest BCUT2D eigenvalue weighted by Gasteiger charge is 2.07. The zero-order chi connectivity index (χ0) is 14.4. The van der Waals surface area contributed by atoms with Crippen LogP contribution in [-0.4, -0.2) is 25.2 Å². The van der Waals surface area contributed by atoms with Crippen molar-refractivity contribution in [3.63, 3.8) is 0 Å². The summed E-state index contributed by atoms with van der Waals surface area (Å²) in [6.07, 6.45) is 0.929. The van der Waals surface area contributed by atoms with Gasteiger partial charge >= 0.3 is 0 Å². The number of benzene rings is 1. The lowest BCUT2D eigenvalue weighted by Crippen LogP contribution is -2.16. The fourth-order valence-electron chi connectivity index (χ4n) is 1.77. The maximum absolute atomic E-state index is 6.01. The van der Waals surface area contributed by atoms with E-state index in [1.54, 1.807) is 24.5 Å². The molecule has 0 amide bonds. The predicted octanol–water partition coefficient (Wildman–Crippen LogP) is 3.70. The highest BCUT2D eigenvalue weighted by atomic mass is 35.5. The summed E-state index contributed by atoms with van der Waals surface area (Å²) in [6, 6.07) is 5.47. The Bertz CT molecular complexity index is 559. The third kappa shape index (κ3) is 4.10. The Labute approximate surface area is 128 Å². The summed E-state index contributed by atoms with van der Waals surface area (Å²) in [6.45, 7) is 4.02. The molecule has 20 heavy (non-hydrogen) atoms. The zero-order valence-electron chi connectivity index (χ0n) is 11.6. The highest BCUT2D eigenvalue weighted by Crippen LogP contribution is 2.31. The number of methoxy groups -OCH3 is 1. The number of ether oxygens (including phenoxy) is 1. The largest absolute Gasteiger partial charge is 0.495 e. The van der Waals surface area contributed by atoms with E-state index in [-0.39, 0.29) is 0 Å². The van der Waals surface area contributed by atoms with Crippen molar-refractivity contribution in [3.8, 4) is 5.75 Å². The molecule has 0 bridgehead atoms. The van der Waals surface area contributed by atoms with Gasteiger partial charge in [0.1, 0.15) is 5.75 Å². The van der Waals surface area contributed by atoms with Gasteiger partial charge in [0.2, 0.25) is 0 Å². The number of halogens is 1. The molecule has 0 atom stereocenters. The van der Waals surface area contributed by atoms with Crippen LogP contribution in [0.1, 0.15) is 12.6 Å². The van der Waals surface area contributed by atoms with Gasteiger partial charge in [0, 0.05) is 23.4 Å². The van der Waals surface area contributed by atoms with E-state index in [9.17, 15) is 0 Å². The minimum atomic E-state index is 0.664. The maximum atomic E-state index is 6.01. The van der Waals surface area contributed by atoms with Gasteiger partial charge in [0.15, 0.2) is 5.13 Å². The zero-order valence-corrected chi connectivity index (χ0v) is 13.1. The van der Waals surface area contributed by atoms with Gasteiger partial charge in [-0.25, -0.2) is 4.98 Å². The van der Waals surface area contributed by atoms with Crippen LogP contribution in [0.5, 0.6) is 5.75 Å². The molecule has 6 heteroatoms. The quantitative estimate of drug-likeness (QED) is 0.765. The third-order valence-corrected chi connectivity index (χ3v) is 3.80. The van der Waals surface area contributed by atoms with Crippen molar-refractivity contribution >= 4 is 33.8 Å². The first-order valence-corrected chi connectivity index (χ1v) is 7.74. The lowest BCUT2D eigenvalue weighted by Gasteiger charge is -2.09. The molecule has 1 aromatic heterocycles. The molecule has 1 aromatic carbocycles. The molecule has 0 fully saturated rings. The van der Waals surface area contributed by atoms with Gasteiger partial charge in [-0.15, -0.1) is 11.3 Å². The van der Waals surface area contributed by atoms with Crippen molar-refractivity contribution in [1.82, 2.24) is 10.3 Å². The Morgan fingerprint density at radius 3 is 3.00 bits per heavy atom. The minimum Gasteiger partial charge on any atom is -0.495 e. The summed E-state index contributed by atoms with van der Waals surface area (Å²) in [4.78, 5) is 4.55. The Kier molecular flexibility index (Phi) is 5.64. The fourth-order valence-corrected chi connectivity index (χ4v) is 2.69. The van der Waals surface area contributed by atoms with Crippen LogP contribution in [-0.2, 0) is 6.42 Å². The molecule has 0 unspecified atom stereocenters. The molecule has 0 aliphatic carbocycles.